The summed E-state index contributed by atoms with van der Waals surface area (Å²) in [6, 6.07) is 17.2. The molecule has 0 saturated heterocycles. The van der Waals surface area contributed by atoms with Crippen molar-refractivity contribution in [3.63, 3.8) is 0 Å². The summed E-state index contributed by atoms with van der Waals surface area (Å²) in [6.45, 7) is 4.38. The van der Waals surface area contributed by atoms with Gasteiger partial charge in [0.2, 0.25) is 17.6 Å². The van der Waals surface area contributed by atoms with Crippen molar-refractivity contribution >= 4 is 17.7 Å². The fourth-order valence-electron chi connectivity index (χ4n) is 2.50. The van der Waals surface area contributed by atoms with Gasteiger partial charge in [0.25, 0.3) is 0 Å². The summed E-state index contributed by atoms with van der Waals surface area (Å²) >= 11 is 1.49. The Hall–Kier alpha value is -3.06. The number of carbonyl (C=O) groups is 1. The molecule has 3 aromatic rings. The SMILES string of the molecule is C=CCN(Cc1nc(-c2ccc(OC)cc2)no1)C(=O)CSc1ccccc1. The van der Waals surface area contributed by atoms with Gasteiger partial charge in [0.05, 0.1) is 12.9 Å². The lowest BCUT2D eigenvalue weighted by Gasteiger charge is -2.18. The number of hydrogen-bond acceptors (Lipinski definition) is 6. The average Bonchev–Trinajstić information content (AvgIpc) is 3.21. The number of carbonyl (C=O) groups excluding carboxylic acids is 1. The van der Waals surface area contributed by atoms with Crippen molar-refractivity contribution in [2.45, 2.75) is 11.4 Å². The fourth-order valence-corrected chi connectivity index (χ4v) is 3.33. The normalized spacial score (nSPS) is 10.5. The van der Waals surface area contributed by atoms with Crippen LogP contribution in [0.15, 0.2) is 76.7 Å². The van der Waals surface area contributed by atoms with Crippen LogP contribution in [0.3, 0.4) is 0 Å². The second kappa shape index (κ2) is 9.75. The summed E-state index contributed by atoms with van der Waals surface area (Å²) in [6.07, 6.45) is 1.69. The second-order valence-corrected chi connectivity index (χ2v) is 6.95. The van der Waals surface area contributed by atoms with Gasteiger partial charge in [0, 0.05) is 17.0 Å². The summed E-state index contributed by atoms with van der Waals surface area (Å²) in [4.78, 5) is 19.7. The lowest BCUT2D eigenvalue weighted by atomic mass is 10.2. The highest BCUT2D eigenvalue weighted by Crippen LogP contribution is 2.21. The standard InChI is InChI=1S/C21H21N3O3S/c1-3-13-24(20(25)15-28-18-7-5-4-6-8-18)14-19-22-21(23-27-19)16-9-11-17(26-2)12-10-16/h3-12H,1,13-15H2,2H3. The Labute approximate surface area is 168 Å². The highest BCUT2D eigenvalue weighted by atomic mass is 32.2. The first kappa shape index (κ1) is 19.7. The van der Waals surface area contributed by atoms with Crippen molar-refractivity contribution in [1.82, 2.24) is 15.0 Å². The van der Waals surface area contributed by atoms with Gasteiger partial charge in [0.15, 0.2) is 0 Å². The Bertz CT molecular complexity index is 910. The molecule has 0 saturated carbocycles. The summed E-state index contributed by atoms with van der Waals surface area (Å²) in [5.74, 6) is 1.93. The monoisotopic (exact) mass is 395 g/mol. The maximum absolute atomic E-state index is 12.6. The average molecular weight is 395 g/mol. The second-order valence-electron chi connectivity index (χ2n) is 5.90. The molecule has 0 unspecified atom stereocenters. The Kier molecular flexibility index (Phi) is 6.86. The summed E-state index contributed by atoms with van der Waals surface area (Å²) in [5, 5.41) is 4.01. The molecule has 0 aliphatic heterocycles. The minimum Gasteiger partial charge on any atom is -0.497 e. The number of hydrogen-bond donors (Lipinski definition) is 0. The first-order chi connectivity index (χ1) is 13.7. The molecule has 1 heterocycles. The Balaban J connectivity index is 1.64. The molecule has 3 rings (SSSR count). The van der Waals surface area contributed by atoms with E-state index in [1.54, 1.807) is 18.1 Å². The summed E-state index contributed by atoms with van der Waals surface area (Å²) in [5.41, 5.74) is 0.817. The van der Waals surface area contributed by atoms with Crippen LogP contribution in [-0.4, -0.2) is 40.4 Å². The van der Waals surface area contributed by atoms with E-state index in [-0.39, 0.29) is 12.5 Å². The van der Waals surface area contributed by atoms with E-state index in [0.717, 1.165) is 16.2 Å². The highest BCUT2D eigenvalue weighted by molar-refractivity contribution is 8.00. The zero-order chi connectivity index (χ0) is 19.8. The molecule has 6 nitrogen and oxygen atoms in total. The van der Waals surface area contributed by atoms with Crippen LogP contribution >= 0.6 is 11.8 Å². The molecule has 0 atom stereocenters. The van der Waals surface area contributed by atoms with E-state index < -0.39 is 0 Å². The van der Waals surface area contributed by atoms with Crippen molar-refractivity contribution in [2.75, 3.05) is 19.4 Å². The molecule has 2 aromatic carbocycles. The lowest BCUT2D eigenvalue weighted by Crippen LogP contribution is -2.32. The predicted molar refractivity (Wildman–Crippen MR) is 109 cm³/mol. The van der Waals surface area contributed by atoms with Gasteiger partial charge in [-0.3, -0.25) is 4.79 Å². The van der Waals surface area contributed by atoms with Crippen LogP contribution in [0.25, 0.3) is 11.4 Å². The Morgan fingerprint density at radius 1 is 1.21 bits per heavy atom. The third-order valence-corrected chi connectivity index (χ3v) is 4.95. The van der Waals surface area contributed by atoms with Gasteiger partial charge in [-0.25, -0.2) is 0 Å². The van der Waals surface area contributed by atoms with Crippen LogP contribution < -0.4 is 4.74 Å². The number of aromatic nitrogens is 2. The van der Waals surface area contributed by atoms with Crippen LogP contribution in [0.2, 0.25) is 0 Å². The van der Waals surface area contributed by atoms with Crippen molar-refractivity contribution in [2.24, 2.45) is 0 Å². The summed E-state index contributed by atoms with van der Waals surface area (Å²) < 4.78 is 10.5. The topological polar surface area (TPSA) is 68.5 Å². The Morgan fingerprint density at radius 3 is 2.64 bits per heavy atom. The van der Waals surface area contributed by atoms with Crippen molar-refractivity contribution < 1.29 is 14.1 Å². The van der Waals surface area contributed by atoms with E-state index in [4.69, 9.17) is 9.26 Å². The van der Waals surface area contributed by atoms with Gasteiger partial charge in [-0.05, 0) is 36.4 Å². The lowest BCUT2D eigenvalue weighted by molar-refractivity contribution is -0.128. The molecule has 0 fully saturated rings. The molecule has 1 aromatic heterocycles. The number of nitrogens with zero attached hydrogens (tertiary/aromatic N) is 3. The van der Waals surface area contributed by atoms with Crippen LogP contribution in [0.5, 0.6) is 5.75 Å². The van der Waals surface area contributed by atoms with Gasteiger partial charge in [-0.1, -0.05) is 29.4 Å². The van der Waals surface area contributed by atoms with Gasteiger partial charge in [-0.15, -0.1) is 18.3 Å². The third kappa shape index (κ3) is 5.23. The van der Waals surface area contributed by atoms with Crippen LogP contribution in [0.4, 0.5) is 0 Å². The van der Waals surface area contributed by atoms with Gasteiger partial charge < -0.3 is 14.2 Å². The molecule has 7 heteroatoms. The number of methoxy groups -OCH3 is 1. The molecule has 0 radical (unpaired) electrons. The molecular formula is C21H21N3O3S. The highest BCUT2D eigenvalue weighted by Gasteiger charge is 2.17. The number of rotatable bonds is 9. The number of benzene rings is 2. The first-order valence-corrected chi connectivity index (χ1v) is 9.71. The van der Waals surface area contributed by atoms with Crippen LogP contribution in [0.1, 0.15) is 5.89 Å². The smallest absolute Gasteiger partial charge is 0.246 e. The molecule has 28 heavy (non-hydrogen) atoms. The molecule has 0 spiro atoms. The van der Waals surface area contributed by atoms with Crippen molar-refractivity contribution in [1.29, 1.82) is 0 Å². The van der Waals surface area contributed by atoms with Crippen molar-refractivity contribution in [3.8, 4) is 17.1 Å². The maximum Gasteiger partial charge on any atom is 0.246 e. The van der Waals surface area contributed by atoms with Crippen LogP contribution in [-0.2, 0) is 11.3 Å². The van der Waals surface area contributed by atoms with E-state index in [1.807, 2.05) is 54.6 Å². The van der Waals surface area contributed by atoms with E-state index in [1.165, 1.54) is 11.8 Å². The molecule has 0 aliphatic rings. The van der Waals surface area contributed by atoms with Crippen molar-refractivity contribution in [3.05, 3.63) is 73.1 Å². The minimum absolute atomic E-state index is 0.0158. The molecule has 144 valence electrons. The minimum atomic E-state index is -0.0158. The van der Waals surface area contributed by atoms with E-state index in [0.29, 0.717) is 24.0 Å². The number of thioether (sulfide) groups is 1. The molecule has 1 amide bonds. The zero-order valence-electron chi connectivity index (χ0n) is 15.6. The van der Waals surface area contributed by atoms with Gasteiger partial charge in [-0.2, -0.15) is 4.98 Å². The zero-order valence-corrected chi connectivity index (χ0v) is 16.4. The van der Waals surface area contributed by atoms with E-state index in [2.05, 4.69) is 16.7 Å². The molecule has 0 bridgehead atoms. The van der Waals surface area contributed by atoms with E-state index >= 15 is 0 Å². The first-order valence-electron chi connectivity index (χ1n) is 8.73. The largest absolute Gasteiger partial charge is 0.497 e. The maximum atomic E-state index is 12.6. The van der Waals surface area contributed by atoms with Gasteiger partial charge >= 0.3 is 0 Å². The number of ether oxygens (including phenoxy) is 1. The molecule has 0 N–H and O–H groups in total. The predicted octanol–water partition coefficient (Wildman–Crippen LogP) is 4.05. The fraction of sp³-hybridized carbons (Fsp3) is 0.190. The molecular weight excluding hydrogens is 374 g/mol. The van der Waals surface area contributed by atoms with E-state index in [9.17, 15) is 4.79 Å². The number of amides is 1. The summed E-state index contributed by atoms with van der Waals surface area (Å²) in [7, 11) is 1.61. The Morgan fingerprint density at radius 2 is 1.96 bits per heavy atom. The van der Waals surface area contributed by atoms with Gasteiger partial charge in [0.1, 0.15) is 12.3 Å². The quantitative estimate of drug-likeness (QED) is 0.402. The third-order valence-electron chi connectivity index (χ3n) is 3.95. The molecule has 0 aliphatic carbocycles. The van der Waals surface area contributed by atoms with Crippen LogP contribution in [0, 0.1) is 0 Å².